The molecule has 5 rings (SSSR count). The number of hydrogen-bond donors (Lipinski definition) is 0. The second-order valence-electron chi connectivity index (χ2n) is 14.0. The zero-order valence-electron chi connectivity index (χ0n) is 28.4. The number of oxazole rings is 1. The summed E-state index contributed by atoms with van der Waals surface area (Å²) in [6.07, 6.45) is 5.33. The van der Waals surface area contributed by atoms with Crippen LogP contribution in [0.4, 0.5) is 4.79 Å². The monoisotopic (exact) mass is 669 g/mol. The van der Waals surface area contributed by atoms with Gasteiger partial charge >= 0.3 is 12.0 Å². The van der Waals surface area contributed by atoms with E-state index in [1.807, 2.05) is 37.3 Å². The second kappa shape index (κ2) is 14.5. The molecule has 1 aromatic carbocycles. The van der Waals surface area contributed by atoms with Crippen molar-refractivity contribution in [3.05, 3.63) is 59.8 Å². The average Bonchev–Trinajstić information content (AvgIpc) is 3.68. The lowest BCUT2D eigenvalue weighted by molar-refractivity contribution is -0.172. The number of ether oxygens (including phenoxy) is 4. The zero-order chi connectivity index (χ0) is 33.9. The van der Waals surface area contributed by atoms with Crippen LogP contribution in [-0.4, -0.2) is 81.9 Å². The van der Waals surface area contributed by atoms with Crippen molar-refractivity contribution in [3.8, 4) is 0 Å². The van der Waals surface area contributed by atoms with Gasteiger partial charge in [-0.3, -0.25) is 4.79 Å². The number of fused-ring (bicyclic) bond motifs is 1. The molecule has 0 aliphatic carbocycles. The maximum Gasteiger partial charge on any atom is 0.332 e. The molecule has 12 heteroatoms. The van der Waals surface area contributed by atoms with Crippen molar-refractivity contribution in [2.45, 2.75) is 96.6 Å². The van der Waals surface area contributed by atoms with Crippen LogP contribution in [0.1, 0.15) is 85.3 Å². The molecule has 4 unspecified atom stereocenters. The highest BCUT2D eigenvalue weighted by molar-refractivity contribution is 8.09. The van der Waals surface area contributed by atoms with Crippen LogP contribution in [0.5, 0.6) is 0 Å². The Labute approximate surface area is 281 Å². The smallest absolute Gasteiger partial charge is 0.332 e. The highest BCUT2D eigenvalue weighted by Crippen LogP contribution is 2.52. The van der Waals surface area contributed by atoms with Gasteiger partial charge in [-0.1, -0.05) is 49.0 Å². The molecular formula is C35H47N3O8S. The summed E-state index contributed by atoms with van der Waals surface area (Å²) in [6, 6.07) is 9.12. The van der Waals surface area contributed by atoms with Gasteiger partial charge in [0.25, 0.3) is 0 Å². The van der Waals surface area contributed by atoms with E-state index in [0.717, 1.165) is 35.3 Å². The summed E-state index contributed by atoms with van der Waals surface area (Å²) in [5.41, 5.74) is -0.790. The summed E-state index contributed by atoms with van der Waals surface area (Å²) in [7, 11) is 0. The Balaban J connectivity index is 1.43. The fourth-order valence-corrected chi connectivity index (χ4v) is 7.46. The summed E-state index contributed by atoms with van der Waals surface area (Å²) in [5.74, 6) is -1.43. The van der Waals surface area contributed by atoms with Gasteiger partial charge in [0.15, 0.2) is 6.29 Å². The standard InChI is InChI=1S/C35H47N3O8S/c1-22(21-45-26-15-11-12-17-42-26)20-44-25(24-13-9-8-10-14-24)19-37-31-27(23(2)28(47-31)29-36-16-18-43-29)30(39)38(33(37)41)35(6,7)32(40)46-34(3,4)5/h8-10,13-14,16,18,22,25-27,31H,11-12,15,17,19-21H2,1-7H3/t22?,25-,26?,27?,31?/m0/s1. The number of nitrogens with zero attached hydrogens (tertiary/aromatic N) is 3. The van der Waals surface area contributed by atoms with E-state index in [1.54, 1.807) is 45.7 Å². The van der Waals surface area contributed by atoms with E-state index in [2.05, 4.69) is 11.9 Å². The molecule has 2 fully saturated rings. The first-order valence-corrected chi connectivity index (χ1v) is 17.2. The van der Waals surface area contributed by atoms with Gasteiger partial charge in [0.05, 0.1) is 42.2 Å². The maximum atomic E-state index is 14.5. The largest absolute Gasteiger partial charge is 0.458 e. The van der Waals surface area contributed by atoms with Crippen LogP contribution in [0.15, 0.2) is 52.8 Å². The SMILES string of the molecule is CC1=C(c2ncco2)SC2C1C(=O)N(C(C)(C)C(=O)OC(C)(C)C)C(=O)N2C[C@H](OCC(C)COC1CCCCO1)c1ccccc1. The van der Waals surface area contributed by atoms with Crippen LogP contribution in [-0.2, 0) is 28.5 Å². The Hall–Kier alpha value is -3.19. The molecule has 0 spiro atoms. The predicted octanol–water partition coefficient (Wildman–Crippen LogP) is 6.42. The van der Waals surface area contributed by atoms with E-state index >= 15 is 0 Å². The highest BCUT2D eigenvalue weighted by atomic mass is 32.2. The maximum absolute atomic E-state index is 14.5. The summed E-state index contributed by atoms with van der Waals surface area (Å²) >= 11 is 1.37. The zero-order valence-corrected chi connectivity index (χ0v) is 29.2. The molecule has 3 aliphatic heterocycles. The van der Waals surface area contributed by atoms with E-state index < -0.39 is 46.4 Å². The molecule has 2 aromatic rings. The van der Waals surface area contributed by atoms with Gasteiger partial charge in [-0.2, -0.15) is 0 Å². The van der Waals surface area contributed by atoms with Crippen molar-refractivity contribution < 1.29 is 37.7 Å². The topological polar surface area (TPSA) is 121 Å². The van der Waals surface area contributed by atoms with E-state index in [0.29, 0.717) is 30.6 Å². The number of amides is 3. The van der Waals surface area contributed by atoms with Crippen molar-refractivity contribution in [2.24, 2.45) is 11.8 Å². The number of carbonyl (C=O) groups is 3. The number of carbonyl (C=O) groups excluding carboxylic acids is 3. The third-order valence-corrected chi connectivity index (χ3v) is 9.98. The summed E-state index contributed by atoms with van der Waals surface area (Å²) in [5, 5.41) is -0.596. The lowest BCUT2D eigenvalue weighted by atomic mass is 9.91. The molecule has 47 heavy (non-hydrogen) atoms. The van der Waals surface area contributed by atoms with Gasteiger partial charge in [0.2, 0.25) is 11.8 Å². The lowest BCUT2D eigenvalue weighted by Gasteiger charge is -2.47. The molecule has 256 valence electrons. The average molecular weight is 670 g/mol. The number of hydrogen-bond acceptors (Lipinski definition) is 10. The van der Waals surface area contributed by atoms with Gasteiger partial charge in [-0.05, 0) is 71.9 Å². The molecule has 3 amide bonds. The molecule has 11 nitrogen and oxygen atoms in total. The highest BCUT2D eigenvalue weighted by Gasteiger charge is 2.58. The molecule has 4 heterocycles. The molecule has 1 aromatic heterocycles. The van der Waals surface area contributed by atoms with E-state index in [-0.39, 0.29) is 18.8 Å². The number of benzene rings is 1. The molecule has 0 saturated carbocycles. The predicted molar refractivity (Wildman–Crippen MR) is 177 cm³/mol. The van der Waals surface area contributed by atoms with Crippen molar-refractivity contribution in [3.63, 3.8) is 0 Å². The second-order valence-corrected chi connectivity index (χ2v) is 15.1. The van der Waals surface area contributed by atoms with Gasteiger partial charge in [0, 0.05) is 12.5 Å². The number of urea groups is 1. The van der Waals surface area contributed by atoms with Crippen LogP contribution >= 0.6 is 11.8 Å². The van der Waals surface area contributed by atoms with Gasteiger partial charge in [-0.15, -0.1) is 0 Å². The number of imide groups is 1. The number of aromatic nitrogens is 1. The molecule has 2 saturated heterocycles. The Morgan fingerprint density at radius 2 is 1.85 bits per heavy atom. The van der Waals surface area contributed by atoms with Crippen LogP contribution in [0, 0.1) is 11.8 Å². The summed E-state index contributed by atoms with van der Waals surface area (Å²) < 4.78 is 29.6. The lowest BCUT2D eigenvalue weighted by Crippen LogP contribution is -2.68. The Morgan fingerprint density at radius 1 is 1.11 bits per heavy atom. The summed E-state index contributed by atoms with van der Waals surface area (Å²) in [6.45, 7) is 14.0. The molecule has 0 bridgehead atoms. The fourth-order valence-electron chi connectivity index (χ4n) is 5.95. The first kappa shape index (κ1) is 35.1. The van der Waals surface area contributed by atoms with Crippen LogP contribution in [0.25, 0.3) is 4.91 Å². The first-order valence-electron chi connectivity index (χ1n) is 16.3. The van der Waals surface area contributed by atoms with E-state index in [9.17, 15) is 14.4 Å². The fraction of sp³-hybridized carbons (Fsp3) is 0.600. The van der Waals surface area contributed by atoms with Gasteiger partial charge < -0.3 is 28.3 Å². The van der Waals surface area contributed by atoms with Crippen molar-refractivity contribution in [1.82, 2.24) is 14.8 Å². The quantitative estimate of drug-likeness (QED) is 0.234. The van der Waals surface area contributed by atoms with Gasteiger partial charge in [-0.25, -0.2) is 19.5 Å². The number of esters is 1. The van der Waals surface area contributed by atoms with Crippen molar-refractivity contribution in [2.75, 3.05) is 26.4 Å². The van der Waals surface area contributed by atoms with Gasteiger partial charge in [0.1, 0.15) is 23.5 Å². The molecule has 0 N–H and O–H groups in total. The van der Waals surface area contributed by atoms with E-state index in [4.69, 9.17) is 23.4 Å². The van der Waals surface area contributed by atoms with Crippen LogP contribution in [0.2, 0.25) is 0 Å². The molecule has 5 atom stereocenters. The Morgan fingerprint density at radius 3 is 2.49 bits per heavy atom. The summed E-state index contributed by atoms with van der Waals surface area (Å²) in [4.78, 5) is 50.1. The van der Waals surface area contributed by atoms with Crippen molar-refractivity contribution >= 4 is 34.6 Å². The third kappa shape index (κ3) is 7.93. The van der Waals surface area contributed by atoms with Crippen LogP contribution in [0.3, 0.4) is 0 Å². The minimum Gasteiger partial charge on any atom is -0.458 e. The Kier molecular flexibility index (Phi) is 10.8. The minimum atomic E-state index is -1.59. The van der Waals surface area contributed by atoms with E-state index in [1.165, 1.54) is 18.0 Å². The molecule has 3 aliphatic rings. The normalized spacial score (nSPS) is 23.6. The number of thioether (sulfide) groups is 1. The minimum absolute atomic E-state index is 0.0575. The number of rotatable bonds is 12. The third-order valence-electron chi connectivity index (χ3n) is 8.48. The van der Waals surface area contributed by atoms with Crippen LogP contribution < -0.4 is 0 Å². The van der Waals surface area contributed by atoms with Crippen molar-refractivity contribution in [1.29, 1.82) is 0 Å². The molecular weight excluding hydrogens is 622 g/mol. The first-order chi connectivity index (χ1) is 22.3. The molecule has 0 radical (unpaired) electrons. The Bertz CT molecular complexity index is 1430.